The van der Waals surface area contributed by atoms with Crippen molar-refractivity contribution in [1.29, 1.82) is 0 Å². The molecule has 0 aromatic carbocycles. The highest BCUT2D eigenvalue weighted by Gasteiger charge is 2.24. The number of carbonyl (C=O) groups is 2. The molecule has 0 saturated carbocycles. The van der Waals surface area contributed by atoms with Crippen molar-refractivity contribution < 1.29 is 19.4 Å². The van der Waals surface area contributed by atoms with Crippen LogP contribution in [0, 0.1) is 6.92 Å². The third-order valence-electron chi connectivity index (χ3n) is 2.47. The van der Waals surface area contributed by atoms with Crippen LogP contribution in [0.1, 0.15) is 36.3 Å². The van der Waals surface area contributed by atoms with Crippen LogP contribution in [0.15, 0.2) is 9.82 Å². The number of aryl methyl sites for hydroxylation is 1. The molecule has 8 heteroatoms. The number of nitrogens with one attached hydrogen (secondary N) is 1. The lowest BCUT2D eigenvalue weighted by molar-refractivity contribution is -0.136. The van der Waals surface area contributed by atoms with Gasteiger partial charge in [0.2, 0.25) is 0 Å². The lowest BCUT2D eigenvalue weighted by Gasteiger charge is -2.13. The van der Waals surface area contributed by atoms with E-state index in [0.29, 0.717) is 12.1 Å². The topological polar surface area (TPSA) is 109 Å². The number of aromatic amines is 1. The maximum atomic E-state index is 11.9. The SMILES string of the molecule is CCOC(=O)c1c(SC(CC)C(=O)O)nc(=O)[nH]c1C. The zero-order chi connectivity index (χ0) is 15.3. The van der Waals surface area contributed by atoms with E-state index >= 15 is 0 Å². The smallest absolute Gasteiger partial charge is 0.346 e. The van der Waals surface area contributed by atoms with Gasteiger partial charge in [0.25, 0.3) is 0 Å². The molecule has 0 aliphatic carbocycles. The average Bonchev–Trinajstić information content (AvgIpc) is 2.34. The highest BCUT2D eigenvalue weighted by Crippen LogP contribution is 2.27. The molecule has 0 radical (unpaired) electrons. The van der Waals surface area contributed by atoms with Crippen LogP contribution in [0.3, 0.4) is 0 Å². The summed E-state index contributed by atoms with van der Waals surface area (Å²) in [6, 6.07) is 0. The predicted octanol–water partition coefficient (Wildman–Crippen LogP) is 1.21. The van der Waals surface area contributed by atoms with E-state index in [9.17, 15) is 14.4 Å². The highest BCUT2D eigenvalue weighted by molar-refractivity contribution is 8.00. The first-order valence-electron chi connectivity index (χ1n) is 6.08. The molecule has 1 atom stereocenters. The molecule has 20 heavy (non-hydrogen) atoms. The summed E-state index contributed by atoms with van der Waals surface area (Å²) in [5.41, 5.74) is -0.208. The van der Waals surface area contributed by atoms with Gasteiger partial charge < -0.3 is 14.8 Å². The van der Waals surface area contributed by atoms with Crippen molar-refractivity contribution >= 4 is 23.7 Å². The maximum Gasteiger partial charge on any atom is 0.346 e. The zero-order valence-corrected chi connectivity index (χ0v) is 12.2. The van der Waals surface area contributed by atoms with Gasteiger partial charge in [-0.25, -0.2) is 9.59 Å². The highest BCUT2D eigenvalue weighted by atomic mass is 32.2. The number of carboxylic acid groups (broad SMARTS) is 1. The second-order valence-electron chi connectivity index (χ2n) is 3.92. The molecule has 110 valence electrons. The van der Waals surface area contributed by atoms with Crippen LogP contribution in [0.25, 0.3) is 0 Å². The molecule has 1 unspecified atom stereocenters. The lowest BCUT2D eigenvalue weighted by atomic mass is 10.2. The van der Waals surface area contributed by atoms with Crippen molar-refractivity contribution in [2.45, 2.75) is 37.5 Å². The number of hydrogen-bond acceptors (Lipinski definition) is 6. The van der Waals surface area contributed by atoms with E-state index in [2.05, 4.69) is 9.97 Å². The van der Waals surface area contributed by atoms with Gasteiger partial charge in [-0.1, -0.05) is 18.7 Å². The van der Waals surface area contributed by atoms with Crippen LogP contribution in [0.4, 0.5) is 0 Å². The van der Waals surface area contributed by atoms with Crippen molar-refractivity contribution in [2.24, 2.45) is 0 Å². The van der Waals surface area contributed by atoms with Crippen molar-refractivity contribution in [3.63, 3.8) is 0 Å². The Hall–Kier alpha value is -1.83. The van der Waals surface area contributed by atoms with E-state index in [-0.39, 0.29) is 17.2 Å². The molecule has 0 spiro atoms. The summed E-state index contributed by atoms with van der Waals surface area (Å²) in [6.45, 7) is 5.08. The first-order valence-corrected chi connectivity index (χ1v) is 6.96. The number of carboxylic acids is 1. The van der Waals surface area contributed by atoms with Crippen molar-refractivity contribution in [1.82, 2.24) is 9.97 Å². The van der Waals surface area contributed by atoms with Crippen LogP contribution in [-0.2, 0) is 9.53 Å². The molecular formula is C12H16N2O5S. The summed E-state index contributed by atoms with van der Waals surface area (Å²) in [6.07, 6.45) is 0.343. The van der Waals surface area contributed by atoms with Crippen molar-refractivity contribution in [2.75, 3.05) is 6.61 Å². The fourth-order valence-corrected chi connectivity index (χ4v) is 2.56. The molecule has 1 aromatic heterocycles. The van der Waals surface area contributed by atoms with Crippen molar-refractivity contribution in [3.05, 3.63) is 21.7 Å². The quantitative estimate of drug-likeness (QED) is 0.461. The van der Waals surface area contributed by atoms with E-state index in [1.165, 1.54) is 0 Å². The fraction of sp³-hybridized carbons (Fsp3) is 0.500. The molecule has 0 saturated heterocycles. The summed E-state index contributed by atoms with van der Waals surface area (Å²) in [5, 5.41) is 8.36. The first-order chi connectivity index (χ1) is 9.40. The van der Waals surface area contributed by atoms with E-state index in [1.807, 2.05) is 0 Å². The number of aliphatic carboxylic acids is 1. The minimum atomic E-state index is -1.02. The van der Waals surface area contributed by atoms with E-state index in [4.69, 9.17) is 9.84 Å². The Kier molecular flexibility index (Phi) is 5.75. The van der Waals surface area contributed by atoms with Gasteiger partial charge in [0.15, 0.2) is 0 Å². The van der Waals surface area contributed by atoms with Gasteiger partial charge in [-0.3, -0.25) is 4.79 Å². The number of H-pyrrole nitrogens is 1. The maximum absolute atomic E-state index is 11.9. The van der Waals surface area contributed by atoms with Crippen LogP contribution >= 0.6 is 11.8 Å². The molecule has 0 amide bonds. The van der Waals surface area contributed by atoms with Gasteiger partial charge in [0.1, 0.15) is 15.8 Å². The molecule has 0 aliphatic rings. The Labute approximate surface area is 119 Å². The molecule has 1 heterocycles. The monoisotopic (exact) mass is 300 g/mol. The third-order valence-corrected chi connectivity index (χ3v) is 3.80. The minimum absolute atomic E-state index is 0.0824. The van der Waals surface area contributed by atoms with Crippen LogP contribution in [0.2, 0.25) is 0 Å². The van der Waals surface area contributed by atoms with Gasteiger partial charge in [0.05, 0.1) is 6.61 Å². The molecule has 1 rings (SSSR count). The third kappa shape index (κ3) is 3.83. The number of thioether (sulfide) groups is 1. The molecule has 7 nitrogen and oxygen atoms in total. The number of esters is 1. The van der Waals surface area contributed by atoms with Crippen LogP contribution < -0.4 is 5.69 Å². The first kappa shape index (κ1) is 16.2. The normalized spacial score (nSPS) is 11.9. The molecule has 0 bridgehead atoms. The molecule has 2 N–H and O–H groups in total. The summed E-state index contributed by atoms with van der Waals surface area (Å²) in [5.74, 6) is -1.65. The number of carbonyl (C=O) groups excluding carboxylic acids is 1. The zero-order valence-electron chi connectivity index (χ0n) is 11.4. The number of nitrogens with zero attached hydrogens (tertiary/aromatic N) is 1. The summed E-state index contributed by atoms with van der Waals surface area (Å²) < 4.78 is 4.90. The van der Waals surface area contributed by atoms with Gasteiger partial charge in [-0.15, -0.1) is 0 Å². The summed E-state index contributed by atoms with van der Waals surface area (Å²) >= 11 is 0.874. The Morgan fingerprint density at radius 2 is 2.10 bits per heavy atom. The lowest BCUT2D eigenvalue weighted by Crippen LogP contribution is -2.22. The molecular weight excluding hydrogens is 284 g/mol. The Balaban J connectivity index is 3.26. The standard InChI is InChI=1S/C12H16N2O5S/c1-4-7(10(15)16)20-9-8(11(17)19-5-2)6(3)13-12(18)14-9/h7H,4-5H2,1-3H3,(H,15,16)(H,13,14,18). The predicted molar refractivity (Wildman–Crippen MR) is 73.1 cm³/mol. The Morgan fingerprint density at radius 1 is 1.45 bits per heavy atom. The largest absolute Gasteiger partial charge is 0.480 e. The Morgan fingerprint density at radius 3 is 2.60 bits per heavy atom. The molecule has 0 fully saturated rings. The fourth-order valence-electron chi connectivity index (χ4n) is 1.53. The number of aromatic nitrogens is 2. The summed E-state index contributed by atoms with van der Waals surface area (Å²) in [7, 11) is 0. The average molecular weight is 300 g/mol. The van der Waals surface area contributed by atoms with Crippen LogP contribution in [-0.4, -0.2) is 38.9 Å². The number of hydrogen-bond donors (Lipinski definition) is 2. The molecule has 1 aromatic rings. The molecule has 0 aliphatic heterocycles. The number of ether oxygens (including phenoxy) is 1. The van der Waals surface area contributed by atoms with Gasteiger partial charge in [-0.2, -0.15) is 4.98 Å². The van der Waals surface area contributed by atoms with Gasteiger partial charge in [-0.05, 0) is 20.3 Å². The minimum Gasteiger partial charge on any atom is -0.480 e. The second-order valence-corrected chi connectivity index (χ2v) is 5.11. The number of rotatable bonds is 6. The van der Waals surface area contributed by atoms with E-state index in [0.717, 1.165) is 11.8 Å². The van der Waals surface area contributed by atoms with Crippen molar-refractivity contribution in [3.8, 4) is 0 Å². The van der Waals surface area contributed by atoms with Gasteiger partial charge >= 0.3 is 17.6 Å². The van der Waals surface area contributed by atoms with E-state index in [1.54, 1.807) is 20.8 Å². The Bertz CT molecular complexity index is 569. The van der Waals surface area contributed by atoms with E-state index < -0.39 is 22.9 Å². The van der Waals surface area contributed by atoms with Crippen LogP contribution in [0.5, 0.6) is 0 Å². The second kappa shape index (κ2) is 7.09. The van der Waals surface area contributed by atoms with Gasteiger partial charge in [0, 0.05) is 5.69 Å². The summed E-state index contributed by atoms with van der Waals surface area (Å²) in [4.78, 5) is 40.5.